The Balaban J connectivity index is 2.58. The van der Waals surface area contributed by atoms with Crippen molar-refractivity contribution in [2.24, 2.45) is 0 Å². The van der Waals surface area contributed by atoms with Crippen LogP contribution in [0.3, 0.4) is 0 Å². The second kappa shape index (κ2) is 10.5. The maximum absolute atomic E-state index is 5.89. The molecule has 0 aliphatic rings. The highest BCUT2D eigenvalue weighted by molar-refractivity contribution is 5.46. The Hall–Kier alpha value is -1.26. The van der Waals surface area contributed by atoms with Crippen LogP contribution in [-0.4, -0.2) is 34.0 Å². The van der Waals surface area contributed by atoms with Crippen LogP contribution in [0.15, 0.2) is 18.2 Å². The van der Waals surface area contributed by atoms with Crippen LogP contribution in [0, 0.1) is 0 Å². The smallest absolute Gasteiger partial charge is 0.165 e. The van der Waals surface area contributed by atoms with Crippen LogP contribution in [0.5, 0.6) is 11.5 Å². The van der Waals surface area contributed by atoms with Gasteiger partial charge < -0.3 is 19.5 Å². The first kappa shape index (κ1) is 16.8. The number of rotatable bonds is 11. The summed E-state index contributed by atoms with van der Waals surface area (Å²) in [4.78, 5) is 0. The maximum Gasteiger partial charge on any atom is 0.165 e. The molecule has 1 rings (SSSR count). The van der Waals surface area contributed by atoms with E-state index < -0.39 is 0 Å². The van der Waals surface area contributed by atoms with Crippen LogP contribution >= 0.6 is 0 Å². The van der Waals surface area contributed by atoms with Crippen LogP contribution in [0.4, 0.5) is 0 Å². The number of para-hydroxylation sites is 1. The van der Waals surface area contributed by atoms with Crippen molar-refractivity contribution in [1.29, 1.82) is 0 Å². The Labute approximate surface area is 122 Å². The fourth-order valence-electron chi connectivity index (χ4n) is 1.91. The standard InChI is InChI=1S/C16H27NO3/c1-4-5-12-20-16-14(8-6-9-15(16)19-3)13-17-10-7-11-18-2/h6,8-9,17H,4-5,7,10-13H2,1-3H3. The molecule has 0 aliphatic heterocycles. The zero-order valence-corrected chi connectivity index (χ0v) is 12.9. The predicted octanol–water partition coefficient (Wildman–Crippen LogP) is 3.00. The second-order valence-electron chi connectivity index (χ2n) is 4.67. The third-order valence-corrected chi connectivity index (χ3v) is 3.04. The van der Waals surface area contributed by atoms with Gasteiger partial charge in [-0.3, -0.25) is 0 Å². The molecule has 4 nitrogen and oxygen atoms in total. The molecule has 0 fully saturated rings. The highest BCUT2D eigenvalue weighted by Crippen LogP contribution is 2.31. The summed E-state index contributed by atoms with van der Waals surface area (Å²) < 4.78 is 16.3. The van der Waals surface area contributed by atoms with Gasteiger partial charge in [0.2, 0.25) is 0 Å². The SMILES string of the molecule is CCCCOc1c(CNCCCOC)cccc1OC. The molecule has 0 amide bonds. The van der Waals surface area contributed by atoms with E-state index in [0.29, 0.717) is 0 Å². The number of methoxy groups -OCH3 is 2. The molecular formula is C16H27NO3. The summed E-state index contributed by atoms with van der Waals surface area (Å²) in [6.45, 7) is 5.38. The molecule has 114 valence electrons. The van der Waals surface area contributed by atoms with Crippen molar-refractivity contribution in [2.45, 2.75) is 32.7 Å². The molecule has 0 saturated heterocycles. The molecule has 0 aliphatic carbocycles. The molecule has 0 saturated carbocycles. The van der Waals surface area contributed by atoms with Crippen LogP contribution < -0.4 is 14.8 Å². The molecule has 1 N–H and O–H groups in total. The zero-order chi connectivity index (χ0) is 14.6. The third kappa shape index (κ3) is 5.80. The number of ether oxygens (including phenoxy) is 3. The molecule has 0 spiro atoms. The zero-order valence-electron chi connectivity index (χ0n) is 12.9. The van der Waals surface area contributed by atoms with Crippen LogP contribution in [0.25, 0.3) is 0 Å². The fourth-order valence-corrected chi connectivity index (χ4v) is 1.91. The summed E-state index contributed by atoms with van der Waals surface area (Å²) in [5, 5.41) is 3.40. The molecule has 0 atom stereocenters. The van der Waals surface area contributed by atoms with E-state index in [-0.39, 0.29) is 0 Å². The predicted molar refractivity (Wildman–Crippen MR) is 81.6 cm³/mol. The normalized spacial score (nSPS) is 10.6. The first-order valence-corrected chi connectivity index (χ1v) is 7.31. The van der Waals surface area contributed by atoms with Crippen molar-refractivity contribution in [2.75, 3.05) is 34.0 Å². The van der Waals surface area contributed by atoms with E-state index in [4.69, 9.17) is 14.2 Å². The lowest BCUT2D eigenvalue weighted by atomic mass is 10.2. The Bertz CT molecular complexity index is 369. The third-order valence-electron chi connectivity index (χ3n) is 3.04. The van der Waals surface area contributed by atoms with Gasteiger partial charge in [-0.1, -0.05) is 25.5 Å². The van der Waals surface area contributed by atoms with Crippen molar-refractivity contribution in [3.63, 3.8) is 0 Å². The van der Waals surface area contributed by atoms with Gasteiger partial charge in [0.1, 0.15) is 0 Å². The highest BCUT2D eigenvalue weighted by Gasteiger charge is 2.10. The van der Waals surface area contributed by atoms with Crippen molar-refractivity contribution in [1.82, 2.24) is 5.32 Å². The largest absolute Gasteiger partial charge is 0.493 e. The number of nitrogens with one attached hydrogen (secondary N) is 1. The molecule has 4 heteroatoms. The van der Waals surface area contributed by atoms with E-state index >= 15 is 0 Å². The summed E-state index contributed by atoms with van der Waals surface area (Å²) in [5.41, 5.74) is 1.14. The number of hydrogen-bond acceptors (Lipinski definition) is 4. The highest BCUT2D eigenvalue weighted by atomic mass is 16.5. The Morgan fingerprint density at radius 3 is 2.65 bits per heavy atom. The van der Waals surface area contributed by atoms with Crippen molar-refractivity contribution < 1.29 is 14.2 Å². The van der Waals surface area contributed by atoms with Gasteiger partial charge in [0.25, 0.3) is 0 Å². The van der Waals surface area contributed by atoms with E-state index in [1.165, 1.54) is 0 Å². The second-order valence-corrected chi connectivity index (χ2v) is 4.67. The fraction of sp³-hybridized carbons (Fsp3) is 0.625. The minimum atomic E-state index is 0.730. The van der Waals surface area contributed by atoms with Crippen LogP contribution in [-0.2, 0) is 11.3 Å². The van der Waals surface area contributed by atoms with E-state index in [2.05, 4.69) is 18.3 Å². The van der Waals surface area contributed by atoms with Crippen molar-refractivity contribution >= 4 is 0 Å². The van der Waals surface area contributed by atoms with Gasteiger partial charge in [0.05, 0.1) is 13.7 Å². The average molecular weight is 281 g/mol. The van der Waals surface area contributed by atoms with E-state index in [1.54, 1.807) is 14.2 Å². The molecule has 20 heavy (non-hydrogen) atoms. The van der Waals surface area contributed by atoms with E-state index in [1.807, 2.05) is 12.1 Å². The molecule has 0 bridgehead atoms. The van der Waals surface area contributed by atoms with Gasteiger partial charge in [0, 0.05) is 25.8 Å². The van der Waals surface area contributed by atoms with Crippen molar-refractivity contribution in [3.8, 4) is 11.5 Å². The minimum Gasteiger partial charge on any atom is -0.493 e. The summed E-state index contributed by atoms with van der Waals surface area (Å²) in [7, 11) is 3.40. The van der Waals surface area contributed by atoms with Crippen molar-refractivity contribution in [3.05, 3.63) is 23.8 Å². The first-order valence-electron chi connectivity index (χ1n) is 7.31. The first-order chi connectivity index (χ1) is 9.83. The summed E-state index contributed by atoms with van der Waals surface area (Å²) in [6.07, 6.45) is 3.19. The average Bonchev–Trinajstić information content (AvgIpc) is 2.48. The molecule has 0 heterocycles. The molecule has 1 aromatic carbocycles. The molecule has 1 aromatic rings. The van der Waals surface area contributed by atoms with Gasteiger partial charge in [-0.2, -0.15) is 0 Å². The maximum atomic E-state index is 5.89. The monoisotopic (exact) mass is 281 g/mol. The molecule has 0 aromatic heterocycles. The molecule has 0 radical (unpaired) electrons. The van der Waals surface area contributed by atoms with Crippen LogP contribution in [0.2, 0.25) is 0 Å². The summed E-state index contributed by atoms with van der Waals surface area (Å²) in [5.74, 6) is 1.67. The quantitative estimate of drug-likeness (QED) is 0.633. The lowest BCUT2D eigenvalue weighted by Gasteiger charge is -2.15. The Kier molecular flexibility index (Phi) is 8.83. The summed E-state index contributed by atoms with van der Waals surface area (Å²) in [6, 6.07) is 6.01. The minimum absolute atomic E-state index is 0.730. The number of hydrogen-bond donors (Lipinski definition) is 1. The molecule has 0 unspecified atom stereocenters. The van der Waals surface area contributed by atoms with Gasteiger partial charge >= 0.3 is 0 Å². The molecular weight excluding hydrogens is 254 g/mol. The van der Waals surface area contributed by atoms with Gasteiger partial charge in [-0.25, -0.2) is 0 Å². The summed E-state index contributed by atoms with van der Waals surface area (Å²) >= 11 is 0. The van der Waals surface area contributed by atoms with Gasteiger partial charge in [-0.15, -0.1) is 0 Å². The van der Waals surface area contributed by atoms with Gasteiger partial charge in [0.15, 0.2) is 11.5 Å². The lowest BCUT2D eigenvalue weighted by Crippen LogP contribution is -2.17. The van der Waals surface area contributed by atoms with E-state index in [0.717, 1.165) is 62.6 Å². The number of unbranched alkanes of at least 4 members (excludes halogenated alkanes) is 1. The number of benzene rings is 1. The lowest BCUT2D eigenvalue weighted by molar-refractivity contribution is 0.194. The van der Waals surface area contributed by atoms with Gasteiger partial charge in [-0.05, 0) is 25.5 Å². The topological polar surface area (TPSA) is 39.7 Å². The van der Waals surface area contributed by atoms with E-state index in [9.17, 15) is 0 Å². The van der Waals surface area contributed by atoms with Crippen LogP contribution in [0.1, 0.15) is 31.7 Å². The Morgan fingerprint density at radius 1 is 1.10 bits per heavy atom. The Morgan fingerprint density at radius 2 is 1.95 bits per heavy atom.